The smallest absolute Gasteiger partial charge is 0.219 e. The molecule has 0 aliphatic heterocycles. The summed E-state index contributed by atoms with van der Waals surface area (Å²) in [7, 11) is 1.83. The Morgan fingerprint density at radius 2 is 1.75 bits per heavy atom. The van der Waals surface area contributed by atoms with Gasteiger partial charge in [0.2, 0.25) is 5.91 Å². The van der Waals surface area contributed by atoms with Gasteiger partial charge in [-0.15, -0.1) is 0 Å². The first-order chi connectivity index (χ1) is 7.43. The fourth-order valence-electron chi connectivity index (χ4n) is 1.67. The average molecular weight is 240 g/mol. The molecule has 0 aliphatic carbocycles. The molecule has 16 heavy (non-hydrogen) atoms. The molecule has 0 spiro atoms. The topological polar surface area (TPSA) is 20.3 Å². The summed E-state index contributed by atoms with van der Waals surface area (Å²) in [5.74, 6) is 0.388. The highest BCUT2D eigenvalue weighted by Gasteiger charge is 2.20. The van der Waals surface area contributed by atoms with Gasteiger partial charge in [-0.2, -0.15) is 0 Å². The first-order valence-corrected chi connectivity index (χ1v) is 5.80. The van der Waals surface area contributed by atoms with Gasteiger partial charge in [-0.05, 0) is 24.6 Å². The summed E-state index contributed by atoms with van der Waals surface area (Å²) in [6, 6.07) is 7.97. The molecular weight excluding hydrogens is 222 g/mol. The minimum atomic E-state index is 0.0910. The Kier molecular flexibility index (Phi) is 4.36. The summed E-state index contributed by atoms with van der Waals surface area (Å²) in [6.07, 6.45) is 0. The first-order valence-electron chi connectivity index (χ1n) is 5.42. The second kappa shape index (κ2) is 5.35. The van der Waals surface area contributed by atoms with E-state index in [0.29, 0.717) is 5.92 Å². The van der Waals surface area contributed by atoms with Crippen molar-refractivity contribution in [3.63, 3.8) is 0 Å². The molecule has 0 saturated carbocycles. The maximum absolute atomic E-state index is 11.3. The third-order valence-corrected chi connectivity index (χ3v) is 3.48. The Morgan fingerprint density at radius 1 is 1.25 bits per heavy atom. The summed E-state index contributed by atoms with van der Waals surface area (Å²) in [5, 5.41) is 0.739. The molecule has 88 valence electrons. The molecule has 0 radical (unpaired) electrons. The third kappa shape index (κ3) is 2.99. The van der Waals surface area contributed by atoms with Crippen LogP contribution >= 0.6 is 11.6 Å². The van der Waals surface area contributed by atoms with Crippen LogP contribution in [0.15, 0.2) is 24.3 Å². The number of benzene rings is 1. The number of nitrogens with zero attached hydrogens (tertiary/aromatic N) is 1. The van der Waals surface area contributed by atoms with E-state index >= 15 is 0 Å². The zero-order valence-corrected chi connectivity index (χ0v) is 11.0. The summed E-state index contributed by atoms with van der Waals surface area (Å²) in [5.41, 5.74) is 1.20. The van der Waals surface area contributed by atoms with E-state index in [1.165, 1.54) is 5.56 Å². The van der Waals surface area contributed by atoms with Gasteiger partial charge in [0.25, 0.3) is 0 Å². The van der Waals surface area contributed by atoms with E-state index in [1.54, 1.807) is 11.8 Å². The van der Waals surface area contributed by atoms with Crippen molar-refractivity contribution in [1.82, 2.24) is 4.90 Å². The summed E-state index contributed by atoms with van der Waals surface area (Å²) in [6.45, 7) is 5.76. The van der Waals surface area contributed by atoms with Gasteiger partial charge in [0.15, 0.2) is 0 Å². The Labute approximate surface area is 102 Å². The Bertz CT molecular complexity index is 361. The number of amides is 1. The number of halogens is 1. The molecule has 1 rings (SSSR count). The maximum atomic E-state index is 11.3. The summed E-state index contributed by atoms with van der Waals surface area (Å²) < 4.78 is 0. The van der Waals surface area contributed by atoms with E-state index in [9.17, 15) is 4.79 Å². The molecule has 3 heteroatoms. The van der Waals surface area contributed by atoms with Crippen molar-refractivity contribution >= 4 is 17.5 Å². The highest BCUT2D eigenvalue weighted by atomic mass is 35.5. The number of carbonyl (C=O) groups is 1. The Balaban J connectivity index is 2.81. The second-order valence-corrected chi connectivity index (χ2v) is 4.65. The third-order valence-electron chi connectivity index (χ3n) is 3.23. The number of hydrogen-bond acceptors (Lipinski definition) is 1. The predicted octanol–water partition coefficient (Wildman–Crippen LogP) is 3.31. The summed E-state index contributed by atoms with van der Waals surface area (Å²) >= 11 is 5.84. The van der Waals surface area contributed by atoms with Crippen LogP contribution in [0.25, 0.3) is 0 Å². The van der Waals surface area contributed by atoms with E-state index in [1.807, 2.05) is 31.3 Å². The lowest BCUT2D eigenvalue weighted by atomic mass is 9.93. The number of likely N-dealkylation sites (N-methyl/N-ethyl adjacent to an activating group) is 1. The van der Waals surface area contributed by atoms with E-state index in [-0.39, 0.29) is 11.9 Å². The lowest BCUT2D eigenvalue weighted by Crippen LogP contribution is -2.36. The van der Waals surface area contributed by atoms with Crippen LogP contribution in [0.2, 0.25) is 5.02 Å². The minimum absolute atomic E-state index is 0.0910. The van der Waals surface area contributed by atoms with Crippen LogP contribution in [0, 0.1) is 0 Å². The van der Waals surface area contributed by atoms with Crippen LogP contribution in [0.3, 0.4) is 0 Å². The van der Waals surface area contributed by atoms with Gasteiger partial charge >= 0.3 is 0 Å². The molecule has 0 bridgehead atoms. The van der Waals surface area contributed by atoms with E-state index in [0.717, 1.165) is 5.02 Å². The molecule has 1 aromatic rings. The van der Waals surface area contributed by atoms with Crippen LogP contribution in [0.1, 0.15) is 32.3 Å². The quantitative estimate of drug-likeness (QED) is 0.793. The average Bonchev–Trinajstić information content (AvgIpc) is 2.27. The second-order valence-electron chi connectivity index (χ2n) is 4.21. The van der Waals surface area contributed by atoms with Gasteiger partial charge in [0.05, 0.1) is 0 Å². The highest BCUT2D eigenvalue weighted by molar-refractivity contribution is 6.30. The highest BCUT2D eigenvalue weighted by Crippen LogP contribution is 2.23. The minimum Gasteiger partial charge on any atom is -0.343 e. The first kappa shape index (κ1) is 13.0. The van der Waals surface area contributed by atoms with Crippen LogP contribution in [0.4, 0.5) is 0 Å². The van der Waals surface area contributed by atoms with Gasteiger partial charge in [-0.1, -0.05) is 30.7 Å². The number of hydrogen-bond donors (Lipinski definition) is 0. The van der Waals surface area contributed by atoms with Crippen LogP contribution in [-0.4, -0.2) is 23.9 Å². The van der Waals surface area contributed by atoms with Crippen molar-refractivity contribution in [2.24, 2.45) is 0 Å². The van der Waals surface area contributed by atoms with E-state index < -0.39 is 0 Å². The maximum Gasteiger partial charge on any atom is 0.219 e. The largest absolute Gasteiger partial charge is 0.343 e. The SMILES string of the molecule is CC(=O)N(C)C(C)C(C)c1ccc(Cl)cc1. The molecule has 2 atom stereocenters. The molecule has 2 unspecified atom stereocenters. The van der Waals surface area contributed by atoms with Gasteiger partial charge < -0.3 is 4.90 Å². The standard InChI is InChI=1S/C13H18ClNO/c1-9(10(2)15(4)11(3)16)12-5-7-13(14)8-6-12/h5-10H,1-4H3. The zero-order valence-electron chi connectivity index (χ0n) is 10.2. The monoisotopic (exact) mass is 239 g/mol. The number of carbonyl (C=O) groups excluding carboxylic acids is 1. The lowest BCUT2D eigenvalue weighted by Gasteiger charge is -2.29. The molecule has 1 aromatic carbocycles. The van der Waals surface area contributed by atoms with Crippen LogP contribution < -0.4 is 0 Å². The van der Waals surface area contributed by atoms with E-state index in [4.69, 9.17) is 11.6 Å². The van der Waals surface area contributed by atoms with Gasteiger partial charge in [0, 0.05) is 31.0 Å². The molecular formula is C13H18ClNO. The van der Waals surface area contributed by atoms with Crippen molar-refractivity contribution in [3.8, 4) is 0 Å². The molecule has 0 N–H and O–H groups in total. The zero-order chi connectivity index (χ0) is 12.3. The van der Waals surface area contributed by atoms with Crippen molar-refractivity contribution < 1.29 is 4.79 Å². The molecule has 0 heterocycles. The molecule has 2 nitrogen and oxygen atoms in total. The lowest BCUT2D eigenvalue weighted by molar-refractivity contribution is -0.129. The fraction of sp³-hybridized carbons (Fsp3) is 0.462. The van der Waals surface area contributed by atoms with Crippen molar-refractivity contribution in [2.75, 3.05) is 7.05 Å². The van der Waals surface area contributed by atoms with Crippen molar-refractivity contribution in [3.05, 3.63) is 34.9 Å². The Hall–Kier alpha value is -1.02. The van der Waals surface area contributed by atoms with Gasteiger partial charge in [-0.25, -0.2) is 0 Å². The fourth-order valence-corrected chi connectivity index (χ4v) is 1.79. The van der Waals surface area contributed by atoms with Crippen LogP contribution in [0.5, 0.6) is 0 Å². The van der Waals surface area contributed by atoms with Crippen LogP contribution in [-0.2, 0) is 4.79 Å². The number of rotatable bonds is 3. The van der Waals surface area contributed by atoms with Crippen molar-refractivity contribution in [2.45, 2.75) is 32.7 Å². The van der Waals surface area contributed by atoms with Gasteiger partial charge in [0.1, 0.15) is 0 Å². The normalized spacial score (nSPS) is 14.3. The Morgan fingerprint density at radius 3 is 2.19 bits per heavy atom. The van der Waals surface area contributed by atoms with Gasteiger partial charge in [-0.3, -0.25) is 4.79 Å². The molecule has 0 aromatic heterocycles. The summed E-state index contributed by atoms with van der Waals surface area (Å²) in [4.78, 5) is 13.0. The molecule has 0 saturated heterocycles. The molecule has 0 fully saturated rings. The van der Waals surface area contributed by atoms with E-state index in [2.05, 4.69) is 13.8 Å². The molecule has 0 aliphatic rings. The molecule has 1 amide bonds. The van der Waals surface area contributed by atoms with Crippen molar-refractivity contribution in [1.29, 1.82) is 0 Å². The predicted molar refractivity (Wildman–Crippen MR) is 67.8 cm³/mol.